The molecule has 8 heteroatoms. The average molecular weight is 339 g/mol. The third-order valence-electron chi connectivity index (χ3n) is 3.71. The molecule has 0 unspecified atom stereocenters. The summed E-state index contributed by atoms with van der Waals surface area (Å²) >= 11 is 0. The zero-order valence-corrected chi connectivity index (χ0v) is 14.1. The molecular formula is C17H17N5O3. The van der Waals surface area contributed by atoms with Gasteiger partial charge in [-0.1, -0.05) is 0 Å². The van der Waals surface area contributed by atoms with E-state index in [1.54, 1.807) is 48.2 Å². The predicted molar refractivity (Wildman–Crippen MR) is 91.4 cm³/mol. The molecule has 1 N–H and O–H groups in total. The molecule has 0 aliphatic rings. The van der Waals surface area contributed by atoms with Crippen LogP contribution in [0.15, 0.2) is 42.7 Å². The molecule has 1 heterocycles. The first-order valence-corrected chi connectivity index (χ1v) is 7.49. The van der Waals surface area contributed by atoms with Gasteiger partial charge in [-0.15, -0.1) is 5.10 Å². The molecule has 0 spiro atoms. The summed E-state index contributed by atoms with van der Waals surface area (Å²) in [5.74, 6) is 0.932. The van der Waals surface area contributed by atoms with Crippen LogP contribution in [0.1, 0.15) is 15.9 Å². The van der Waals surface area contributed by atoms with Crippen LogP contribution < -0.4 is 14.8 Å². The number of nitrogens with zero attached hydrogens (tertiary/aromatic N) is 4. The first-order chi connectivity index (χ1) is 12.1. The van der Waals surface area contributed by atoms with Crippen molar-refractivity contribution in [1.82, 2.24) is 20.2 Å². The molecule has 0 saturated carbocycles. The summed E-state index contributed by atoms with van der Waals surface area (Å²) in [5, 5.41) is 13.9. The van der Waals surface area contributed by atoms with Crippen LogP contribution in [-0.2, 0) is 0 Å². The Morgan fingerprint density at radius 3 is 2.60 bits per heavy atom. The third kappa shape index (κ3) is 3.42. The van der Waals surface area contributed by atoms with E-state index >= 15 is 0 Å². The van der Waals surface area contributed by atoms with Crippen molar-refractivity contribution in [2.24, 2.45) is 0 Å². The Labute approximate surface area is 144 Å². The molecule has 0 aliphatic carbocycles. The van der Waals surface area contributed by atoms with Gasteiger partial charge in [0, 0.05) is 11.6 Å². The van der Waals surface area contributed by atoms with Crippen LogP contribution in [0.5, 0.6) is 11.5 Å². The van der Waals surface area contributed by atoms with E-state index in [1.165, 1.54) is 13.4 Å². The zero-order chi connectivity index (χ0) is 17.8. The number of methoxy groups -OCH3 is 2. The minimum atomic E-state index is -0.241. The Bertz CT molecular complexity index is 893. The van der Waals surface area contributed by atoms with Crippen molar-refractivity contribution in [1.29, 1.82) is 0 Å². The molecule has 0 bridgehead atoms. The van der Waals surface area contributed by atoms with Gasteiger partial charge < -0.3 is 14.8 Å². The van der Waals surface area contributed by atoms with Crippen LogP contribution >= 0.6 is 0 Å². The maximum atomic E-state index is 12.5. The standard InChI is InChI=1S/C17H17N5O3/c1-11-8-12(4-7-15(11)22-10-18-20-21-22)17(23)19-14-6-5-13(24-2)9-16(14)25-3/h4-10H,1-3H3,(H,19,23). The Balaban J connectivity index is 1.83. The second kappa shape index (κ2) is 7.00. The van der Waals surface area contributed by atoms with Crippen LogP contribution in [0.2, 0.25) is 0 Å². The van der Waals surface area contributed by atoms with Crippen molar-refractivity contribution in [3.63, 3.8) is 0 Å². The summed E-state index contributed by atoms with van der Waals surface area (Å²) in [4.78, 5) is 12.5. The highest BCUT2D eigenvalue weighted by Crippen LogP contribution is 2.29. The van der Waals surface area contributed by atoms with E-state index in [4.69, 9.17) is 9.47 Å². The molecule has 2 aromatic carbocycles. The monoisotopic (exact) mass is 339 g/mol. The van der Waals surface area contributed by atoms with Crippen LogP contribution in [0.25, 0.3) is 5.69 Å². The van der Waals surface area contributed by atoms with Crippen LogP contribution in [-0.4, -0.2) is 40.3 Å². The lowest BCUT2D eigenvalue weighted by molar-refractivity contribution is 0.102. The number of tetrazole rings is 1. The van der Waals surface area contributed by atoms with Gasteiger partial charge in [-0.2, -0.15) is 0 Å². The van der Waals surface area contributed by atoms with Gasteiger partial charge in [-0.3, -0.25) is 4.79 Å². The van der Waals surface area contributed by atoms with Crippen molar-refractivity contribution >= 4 is 11.6 Å². The summed E-state index contributed by atoms with van der Waals surface area (Å²) in [5.41, 5.74) is 2.77. The fourth-order valence-corrected chi connectivity index (χ4v) is 2.42. The number of nitrogens with one attached hydrogen (secondary N) is 1. The van der Waals surface area contributed by atoms with Crippen LogP contribution in [0, 0.1) is 6.92 Å². The molecule has 0 radical (unpaired) electrons. The number of hydrogen-bond donors (Lipinski definition) is 1. The number of ether oxygens (including phenoxy) is 2. The number of carbonyl (C=O) groups is 1. The minimum absolute atomic E-state index is 0.241. The van der Waals surface area contributed by atoms with Gasteiger partial charge in [0.15, 0.2) is 0 Å². The zero-order valence-electron chi connectivity index (χ0n) is 14.1. The fraction of sp³-hybridized carbons (Fsp3) is 0.176. The molecule has 0 saturated heterocycles. The highest BCUT2D eigenvalue weighted by molar-refractivity contribution is 6.05. The number of hydrogen-bond acceptors (Lipinski definition) is 6. The van der Waals surface area contributed by atoms with Gasteiger partial charge in [0.05, 0.1) is 25.6 Å². The number of rotatable bonds is 5. The van der Waals surface area contributed by atoms with E-state index in [9.17, 15) is 4.79 Å². The maximum absolute atomic E-state index is 12.5. The number of amides is 1. The lowest BCUT2D eigenvalue weighted by Gasteiger charge is -2.12. The SMILES string of the molecule is COc1ccc(NC(=O)c2ccc(-n3cnnn3)c(C)c2)c(OC)c1. The van der Waals surface area contributed by atoms with E-state index in [0.717, 1.165) is 11.3 Å². The number of anilines is 1. The first kappa shape index (κ1) is 16.4. The highest BCUT2D eigenvalue weighted by atomic mass is 16.5. The topological polar surface area (TPSA) is 91.2 Å². The van der Waals surface area contributed by atoms with Gasteiger partial charge in [0.25, 0.3) is 5.91 Å². The summed E-state index contributed by atoms with van der Waals surface area (Å²) < 4.78 is 12.0. The van der Waals surface area contributed by atoms with Crippen molar-refractivity contribution in [3.8, 4) is 17.2 Å². The molecule has 1 amide bonds. The second-order valence-corrected chi connectivity index (χ2v) is 5.28. The summed E-state index contributed by atoms with van der Waals surface area (Å²) in [6, 6.07) is 10.5. The van der Waals surface area contributed by atoms with E-state index < -0.39 is 0 Å². The summed E-state index contributed by atoms with van der Waals surface area (Å²) in [7, 11) is 3.11. The molecular weight excluding hydrogens is 322 g/mol. The van der Waals surface area contributed by atoms with Crippen LogP contribution in [0.3, 0.4) is 0 Å². The van der Waals surface area contributed by atoms with Gasteiger partial charge in [-0.25, -0.2) is 4.68 Å². The predicted octanol–water partition coefficient (Wildman–Crippen LogP) is 2.24. The smallest absolute Gasteiger partial charge is 0.255 e. The molecule has 3 aromatic rings. The van der Waals surface area contributed by atoms with E-state index in [0.29, 0.717) is 22.7 Å². The van der Waals surface area contributed by atoms with Gasteiger partial charge in [0.2, 0.25) is 0 Å². The number of benzene rings is 2. The molecule has 3 rings (SSSR count). The quantitative estimate of drug-likeness (QED) is 0.766. The Hall–Kier alpha value is -3.42. The highest BCUT2D eigenvalue weighted by Gasteiger charge is 2.13. The summed E-state index contributed by atoms with van der Waals surface area (Å²) in [6.07, 6.45) is 1.50. The minimum Gasteiger partial charge on any atom is -0.497 e. The molecule has 0 atom stereocenters. The average Bonchev–Trinajstić information content (AvgIpc) is 3.16. The molecule has 0 aliphatic heterocycles. The normalized spacial score (nSPS) is 10.4. The number of aryl methyl sites for hydroxylation is 1. The van der Waals surface area contributed by atoms with Crippen molar-refractivity contribution in [3.05, 3.63) is 53.9 Å². The van der Waals surface area contributed by atoms with Crippen molar-refractivity contribution in [2.45, 2.75) is 6.92 Å². The lowest BCUT2D eigenvalue weighted by Crippen LogP contribution is -2.13. The molecule has 8 nitrogen and oxygen atoms in total. The van der Waals surface area contributed by atoms with Gasteiger partial charge >= 0.3 is 0 Å². The Kier molecular flexibility index (Phi) is 4.60. The number of aromatic nitrogens is 4. The van der Waals surface area contributed by atoms with E-state index in [1.807, 2.05) is 6.92 Å². The number of carbonyl (C=O) groups excluding carboxylic acids is 1. The summed E-state index contributed by atoms with van der Waals surface area (Å²) in [6.45, 7) is 1.89. The third-order valence-corrected chi connectivity index (χ3v) is 3.71. The Morgan fingerprint density at radius 1 is 1.12 bits per heavy atom. The van der Waals surface area contributed by atoms with Gasteiger partial charge in [-0.05, 0) is 53.2 Å². The van der Waals surface area contributed by atoms with Gasteiger partial charge in [0.1, 0.15) is 17.8 Å². The van der Waals surface area contributed by atoms with E-state index in [2.05, 4.69) is 20.8 Å². The maximum Gasteiger partial charge on any atom is 0.255 e. The fourth-order valence-electron chi connectivity index (χ4n) is 2.42. The second-order valence-electron chi connectivity index (χ2n) is 5.28. The molecule has 25 heavy (non-hydrogen) atoms. The molecule has 128 valence electrons. The Morgan fingerprint density at radius 2 is 1.96 bits per heavy atom. The largest absolute Gasteiger partial charge is 0.497 e. The lowest BCUT2D eigenvalue weighted by atomic mass is 10.1. The molecule has 0 fully saturated rings. The van der Waals surface area contributed by atoms with Crippen LogP contribution in [0.4, 0.5) is 5.69 Å². The first-order valence-electron chi connectivity index (χ1n) is 7.49. The van der Waals surface area contributed by atoms with Crippen molar-refractivity contribution < 1.29 is 14.3 Å². The molecule has 1 aromatic heterocycles. The van der Waals surface area contributed by atoms with Crippen molar-refractivity contribution in [2.75, 3.05) is 19.5 Å². The van der Waals surface area contributed by atoms with E-state index in [-0.39, 0.29) is 5.91 Å².